The maximum absolute atomic E-state index is 12.7. The zero-order valence-corrected chi connectivity index (χ0v) is 18.6. The molecule has 2 N–H and O–H groups in total. The molecule has 3 aromatic rings. The van der Waals surface area contributed by atoms with Gasteiger partial charge in [-0.25, -0.2) is 8.42 Å². The van der Waals surface area contributed by atoms with E-state index in [1.807, 2.05) is 13.0 Å². The molecule has 0 atom stereocenters. The average Bonchev–Trinajstić information content (AvgIpc) is 3.24. The Morgan fingerprint density at radius 2 is 2.03 bits per heavy atom. The number of hydrogen-bond donors (Lipinski definition) is 2. The molecule has 1 aromatic heterocycles. The van der Waals surface area contributed by atoms with Crippen LogP contribution in [0.15, 0.2) is 41.0 Å². The number of rotatable bonds is 5. The average molecular weight is 443 g/mol. The third-order valence-electron chi connectivity index (χ3n) is 5.66. The van der Waals surface area contributed by atoms with Gasteiger partial charge < -0.3 is 14.8 Å². The maximum atomic E-state index is 12.7. The van der Waals surface area contributed by atoms with Crippen molar-refractivity contribution in [1.29, 1.82) is 0 Å². The predicted octanol–water partition coefficient (Wildman–Crippen LogP) is 4.29. The van der Waals surface area contributed by atoms with Crippen LogP contribution in [0, 0.1) is 6.92 Å². The number of nitrogens with zero attached hydrogens (tertiary/aromatic N) is 1. The molecule has 0 bridgehead atoms. The number of fused-ring (bicyclic) bond motifs is 1. The molecule has 0 spiro atoms. The fourth-order valence-corrected chi connectivity index (χ4v) is 5.64. The number of furan rings is 1. The Labute approximate surface area is 181 Å². The topological polar surface area (TPSA) is 99.9 Å². The second kappa shape index (κ2) is 7.92. The van der Waals surface area contributed by atoms with Crippen molar-refractivity contribution >= 4 is 38.3 Å². The highest BCUT2D eigenvalue weighted by molar-refractivity contribution is 7.93. The molecule has 31 heavy (non-hydrogen) atoms. The maximum Gasteiger partial charge on any atom is 0.235 e. The van der Waals surface area contributed by atoms with E-state index >= 15 is 0 Å². The normalized spacial score (nSPS) is 15.7. The van der Waals surface area contributed by atoms with Gasteiger partial charge in [-0.05, 0) is 60.7 Å². The fourth-order valence-electron chi connectivity index (χ4n) is 4.08. The number of phenols is 1. The molecule has 1 fully saturated rings. The number of benzene rings is 2. The van der Waals surface area contributed by atoms with Crippen molar-refractivity contribution in [2.75, 3.05) is 21.9 Å². The fraction of sp³-hybridized carbons (Fsp3) is 0.348. The highest BCUT2D eigenvalue weighted by Crippen LogP contribution is 2.33. The first-order valence-corrected chi connectivity index (χ1v) is 11.9. The van der Waals surface area contributed by atoms with E-state index < -0.39 is 10.0 Å². The summed E-state index contributed by atoms with van der Waals surface area (Å²) in [5.41, 5.74) is 4.44. The van der Waals surface area contributed by atoms with E-state index in [1.165, 1.54) is 28.1 Å². The molecule has 7 nitrogen and oxygen atoms in total. The van der Waals surface area contributed by atoms with Crippen molar-refractivity contribution in [2.45, 2.75) is 39.5 Å². The molecule has 8 heteroatoms. The lowest BCUT2D eigenvalue weighted by Crippen LogP contribution is -2.25. The monoisotopic (exact) mass is 442 g/mol. The third kappa shape index (κ3) is 4.12. The number of carbonyl (C=O) groups is 1. The standard InChI is InChI=1S/C23H26N2O5S/c1-14(2)18-12-19-16(13-30-22(19)9-15(18)3)10-23(27)24-20-11-17(5-6-21(20)26)25-7-4-8-31(25,28)29/h5-6,9,11-14,26H,4,7-8,10H2,1-3H3,(H,24,27). The number of aromatic hydroxyl groups is 1. The number of aryl methyl sites for hydroxylation is 1. The van der Waals surface area contributed by atoms with Crippen LogP contribution >= 0.6 is 0 Å². The summed E-state index contributed by atoms with van der Waals surface area (Å²) < 4.78 is 31.3. The zero-order chi connectivity index (χ0) is 22.3. The quantitative estimate of drug-likeness (QED) is 0.574. The summed E-state index contributed by atoms with van der Waals surface area (Å²) >= 11 is 0. The van der Waals surface area contributed by atoms with Gasteiger partial charge in [-0.15, -0.1) is 0 Å². The second-order valence-electron chi connectivity index (χ2n) is 8.29. The van der Waals surface area contributed by atoms with E-state index in [1.54, 1.807) is 6.26 Å². The molecule has 1 aliphatic rings. The minimum absolute atomic E-state index is 0.0687. The molecule has 0 saturated carbocycles. The summed E-state index contributed by atoms with van der Waals surface area (Å²) in [5.74, 6) is -0.00172. The lowest BCUT2D eigenvalue weighted by molar-refractivity contribution is -0.115. The molecule has 1 saturated heterocycles. The lowest BCUT2D eigenvalue weighted by atomic mass is 9.95. The van der Waals surface area contributed by atoms with Crippen molar-refractivity contribution in [2.24, 2.45) is 0 Å². The van der Waals surface area contributed by atoms with Gasteiger partial charge in [0, 0.05) is 17.5 Å². The minimum Gasteiger partial charge on any atom is -0.506 e. The van der Waals surface area contributed by atoms with Gasteiger partial charge in [0.05, 0.1) is 29.8 Å². The predicted molar refractivity (Wildman–Crippen MR) is 121 cm³/mol. The van der Waals surface area contributed by atoms with E-state index in [-0.39, 0.29) is 29.5 Å². The SMILES string of the molecule is Cc1cc2occ(CC(=O)Nc3cc(N4CCCS4(=O)=O)ccc3O)c2cc1C(C)C. The van der Waals surface area contributed by atoms with Gasteiger partial charge in [-0.3, -0.25) is 9.10 Å². The molecular weight excluding hydrogens is 416 g/mol. The van der Waals surface area contributed by atoms with Crippen molar-refractivity contribution in [3.63, 3.8) is 0 Å². The highest BCUT2D eigenvalue weighted by Gasteiger charge is 2.29. The van der Waals surface area contributed by atoms with Crippen LogP contribution in [0.1, 0.15) is 42.9 Å². The van der Waals surface area contributed by atoms with Crippen LogP contribution < -0.4 is 9.62 Å². The number of sulfonamides is 1. The van der Waals surface area contributed by atoms with Gasteiger partial charge >= 0.3 is 0 Å². The van der Waals surface area contributed by atoms with Gasteiger partial charge in [0.15, 0.2) is 0 Å². The van der Waals surface area contributed by atoms with Gasteiger partial charge in [0.1, 0.15) is 11.3 Å². The molecule has 1 amide bonds. The molecule has 0 radical (unpaired) electrons. The van der Waals surface area contributed by atoms with E-state index in [4.69, 9.17) is 4.42 Å². The molecule has 0 unspecified atom stereocenters. The first-order chi connectivity index (χ1) is 14.7. The van der Waals surface area contributed by atoms with Gasteiger partial charge in [0.25, 0.3) is 0 Å². The van der Waals surface area contributed by atoms with Crippen LogP contribution in [0.25, 0.3) is 11.0 Å². The first-order valence-electron chi connectivity index (χ1n) is 10.3. The van der Waals surface area contributed by atoms with Gasteiger partial charge in [-0.2, -0.15) is 0 Å². The largest absolute Gasteiger partial charge is 0.506 e. The van der Waals surface area contributed by atoms with E-state index in [0.717, 1.165) is 22.1 Å². The molecular formula is C23H26N2O5S. The Kier molecular flexibility index (Phi) is 5.43. The Balaban J connectivity index is 1.57. The molecule has 1 aliphatic heterocycles. The number of nitrogens with one attached hydrogen (secondary N) is 1. The summed E-state index contributed by atoms with van der Waals surface area (Å²) in [6, 6.07) is 8.47. The second-order valence-corrected chi connectivity index (χ2v) is 10.3. The summed E-state index contributed by atoms with van der Waals surface area (Å²) in [6.45, 7) is 6.67. The van der Waals surface area contributed by atoms with Crippen LogP contribution in [0.2, 0.25) is 0 Å². The van der Waals surface area contributed by atoms with E-state index in [9.17, 15) is 18.3 Å². The van der Waals surface area contributed by atoms with Gasteiger partial charge in [-0.1, -0.05) is 13.8 Å². The Hall–Kier alpha value is -3.00. The molecule has 2 heterocycles. The van der Waals surface area contributed by atoms with Crippen LogP contribution in [0.5, 0.6) is 5.75 Å². The van der Waals surface area contributed by atoms with Crippen LogP contribution in [0.4, 0.5) is 11.4 Å². The summed E-state index contributed by atoms with van der Waals surface area (Å²) in [7, 11) is -3.35. The summed E-state index contributed by atoms with van der Waals surface area (Å²) in [6.07, 6.45) is 2.20. The van der Waals surface area contributed by atoms with Crippen molar-refractivity contribution in [1.82, 2.24) is 0 Å². The number of phenolic OH excluding ortho intramolecular Hbond substituents is 1. The molecule has 4 rings (SSSR count). The lowest BCUT2D eigenvalue weighted by Gasteiger charge is -2.18. The van der Waals surface area contributed by atoms with E-state index in [2.05, 4.69) is 25.2 Å². The van der Waals surface area contributed by atoms with Crippen LogP contribution in [-0.2, 0) is 21.2 Å². The number of hydrogen-bond acceptors (Lipinski definition) is 5. The summed E-state index contributed by atoms with van der Waals surface area (Å²) in [5, 5.41) is 13.8. The molecule has 164 valence electrons. The third-order valence-corrected chi connectivity index (χ3v) is 7.53. The number of carbonyl (C=O) groups excluding carboxylic acids is 1. The smallest absolute Gasteiger partial charge is 0.235 e. The molecule has 0 aliphatic carbocycles. The van der Waals surface area contributed by atoms with Crippen molar-refractivity contribution in [3.8, 4) is 5.75 Å². The minimum atomic E-state index is -3.35. The highest BCUT2D eigenvalue weighted by atomic mass is 32.2. The van der Waals surface area contributed by atoms with Crippen molar-refractivity contribution in [3.05, 3.63) is 53.3 Å². The van der Waals surface area contributed by atoms with Crippen LogP contribution in [0.3, 0.4) is 0 Å². The van der Waals surface area contributed by atoms with Crippen molar-refractivity contribution < 1.29 is 22.7 Å². The Morgan fingerprint density at radius 3 is 2.71 bits per heavy atom. The number of anilines is 2. The van der Waals surface area contributed by atoms with E-state index in [0.29, 0.717) is 24.6 Å². The Bertz CT molecular complexity index is 1260. The van der Waals surface area contributed by atoms with Gasteiger partial charge in [0.2, 0.25) is 15.9 Å². The summed E-state index contributed by atoms with van der Waals surface area (Å²) in [4.78, 5) is 12.7. The molecule has 2 aromatic carbocycles. The Morgan fingerprint density at radius 1 is 1.26 bits per heavy atom. The number of amides is 1. The van der Waals surface area contributed by atoms with Crippen LogP contribution in [-0.4, -0.2) is 31.7 Å². The first kappa shape index (κ1) is 21.2. The zero-order valence-electron chi connectivity index (χ0n) is 17.8.